The number of alkyl halides is 2. The van der Waals surface area contributed by atoms with Crippen LogP contribution < -0.4 is 5.32 Å². The molecule has 1 aromatic carbocycles. The zero-order valence-corrected chi connectivity index (χ0v) is 9.20. The van der Waals surface area contributed by atoms with Gasteiger partial charge in [-0.15, -0.1) is 0 Å². The van der Waals surface area contributed by atoms with Gasteiger partial charge in [0.05, 0.1) is 0 Å². The smallest absolute Gasteiger partial charge is 0.254 e. The zero-order chi connectivity index (χ0) is 12.0. The van der Waals surface area contributed by atoms with Crippen LogP contribution in [0.2, 0.25) is 0 Å². The number of halogens is 2. The van der Waals surface area contributed by atoms with Gasteiger partial charge in [0.25, 0.3) is 11.8 Å². The molecular formula is C13H13F2NO. The van der Waals surface area contributed by atoms with Gasteiger partial charge in [0.1, 0.15) is 0 Å². The summed E-state index contributed by atoms with van der Waals surface area (Å²) in [5.41, 5.74) is 0.583. The fraction of sp³-hybridized carbons (Fsp3) is 0.462. The van der Waals surface area contributed by atoms with Gasteiger partial charge >= 0.3 is 0 Å². The van der Waals surface area contributed by atoms with E-state index in [0.717, 1.165) is 0 Å². The Bertz CT molecular complexity index is 432. The van der Waals surface area contributed by atoms with Crippen LogP contribution in [-0.2, 0) is 0 Å². The fourth-order valence-corrected chi connectivity index (χ4v) is 2.79. The van der Waals surface area contributed by atoms with Gasteiger partial charge in [-0.2, -0.15) is 0 Å². The lowest BCUT2D eigenvalue weighted by Gasteiger charge is -2.16. The highest BCUT2D eigenvalue weighted by atomic mass is 19.3. The summed E-state index contributed by atoms with van der Waals surface area (Å²) in [6, 6.07) is 8.77. The van der Waals surface area contributed by atoms with Crippen molar-refractivity contribution in [3.8, 4) is 0 Å². The third-order valence-electron chi connectivity index (χ3n) is 3.81. The maximum atomic E-state index is 13.0. The largest absolute Gasteiger partial charge is 0.349 e. The van der Waals surface area contributed by atoms with Crippen LogP contribution in [0.5, 0.6) is 0 Å². The quantitative estimate of drug-likeness (QED) is 0.841. The molecule has 1 aromatic rings. The summed E-state index contributed by atoms with van der Waals surface area (Å²) in [5, 5.41) is 2.82. The van der Waals surface area contributed by atoms with E-state index in [4.69, 9.17) is 0 Å². The van der Waals surface area contributed by atoms with Crippen LogP contribution in [0.15, 0.2) is 30.3 Å². The predicted molar refractivity (Wildman–Crippen MR) is 58.9 cm³/mol. The normalized spacial score (nSPS) is 32.9. The first-order valence-electron chi connectivity index (χ1n) is 5.83. The van der Waals surface area contributed by atoms with Crippen molar-refractivity contribution in [3.05, 3.63) is 35.9 Å². The highest BCUT2D eigenvalue weighted by molar-refractivity contribution is 5.94. The van der Waals surface area contributed by atoms with Crippen molar-refractivity contribution in [1.29, 1.82) is 0 Å². The SMILES string of the molecule is O=C(NC1C[C@@H]2[C@H](C1)C2(F)F)c1ccccc1. The fourth-order valence-electron chi connectivity index (χ4n) is 2.79. The Morgan fingerprint density at radius 2 is 1.76 bits per heavy atom. The molecule has 0 aliphatic heterocycles. The number of hydrogen-bond acceptors (Lipinski definition) is 1. The molecule has 0 saturated heterocycles. The van der Waals surface area contributed by atoms with Crippen molar-refractivity contribution in [1.82, 2.24) is 5.32 Å². The molecule has 2 saturated carbocycles. The standard InChI is InChI=1S/C13H13F2NO/c14-13(15)10-6-9(7-11(10)13)16-12(17)8-4-2-1-3-5-8/h1-5,9-11H,6-7H2,(H,16,17)/t9?,10-,11+. The van der Waals surface area contributed by atoms with Gasteiger partial charge < -0.3 is 5.32 Å². The second-order valence-corrected chi connectivity index (χ2v) is 4.90. The Kier molecular flexibility index (Phi) is 2.21. The van der Waals surface area contributed by atoms with Gasteiger partial charge in [0.15, 0.2) is 0 Å². The Morgan fingerprint density at radius 1 is 1.18 bits per heavy atom. The number of benzene rings is 1. The van der Waals surface area contributed by atoms with E-state index in [1.807, 2.05) is 6.07 Å². The molecule has 1 amide bonds. The number of amides is 1. The second-order valence-electron chi connectivity index (χ2n) is 4.90. The summed E-state index contributed by atoms with van der Waals surface area (Å²) in [6.45, 7) is 0. The monoisotopic (exact) mass is 237 g/mol. The molecule has 0 heterocycles. The van der Waals surface area contributed by atoms with Crippen LogP contribution in [0.1, 0.15) is 23.2 Å². The van der Waals surface area contributed by atoms with Gasteiger partial charge in [-0.05, 0) is 25.0 Å². The van der Waals surface area contributed by atoms with Crippen molar-refractivity contribution < 1.29 is 13.6 Å². The lowest BCUT2D eigenvalue weighted by Crippen LogP contribution is -2.35. The number of carbonyl (C=O) groups excluding carboxylic acids is 1. The average molecular weight is 237 g/mol. The number of fused-ring (bicyclic) bond motifs is 1. The second kappa shape index (κ2) is 3.52. The number of carbonyl (C=O) groups is 1. The third-order valence-corrected chi connectivity index (χ3v) is 3.81. The van der Waals surface area contributed by atoms with Crippen LogP contribution in [0.25, 0.3) is 0 Å². The first kappa shape index (κ1) is 10.7. The molecule has 17 heavy (non-hydrogen) atoms. The minimum absolute atomic E-state index is 0.0858. The summed E-state index contributed by atoms with van der Waals surface area (Å²) < 4.78 is 25.9. The van der Waals surface area contributed by atoms with Crippen LogP contribution in [0, 0.1) is 11.8 Å². The van der Waals surface area contributed by atoms with Gasteiger partial charge in [-0.3, -0.25) is 4.79 Å². The van der Waals surface area contributed by atoms with E-state index in [1.54, 1.807) is 24.3 Å². The van der Waals surface area contributed by atoms with Crippen LogP contribution in [-0.4, -0.2) is 17.9 Å². The minimum Gasteiger partial charge on any atom is -0.349 e. The van der Waals surface area contributed by atoms with Gasteiger partial charge in [0, 0.05) is 23.4 Å². The van der Waals surface area contributed by atoms with Gasteiger partial charge in [0.2, 0.25) is 0 Å². The van der Waals surface area contributed by atoms with Crippen LogP contribution in [0.3, 0.4) is 0 Å². The highest BCUT2D eigenvalue weighted by Gasteiger charge is 2.71. The highest BCUT2D eigenvalue weighted by Crippen LogP contribution is 2.63. The molecule has 0 spiro atoms. The molecule has 2 nitrogen and oxygen atoms in total. The van der Waals surface area contributed by atoms with Crippen molar-refractivity contribution in [2.24, 2.45) is 11.8 Å². The molecule has 90 valence electrons. The van der Waals surface area contributed by atoms with Crippen molar-refractivity contribution in [2.75, 3.05) is 0 Å². The van der Waals surface area contributed by atoms with Crippen molar-refractivity contribution in [3.63, 3.8) is 0 Å². The number of hydrogen-bond donors (Lipinski definition) is 1. The molecule has 1 N–H and O–H groups in total. The first-order valence-corrected chi connectivity index (χ1v) is 5.83. The molecule has 3 atom stereocenters. The molecule has 0 bridgehead atoms. The van der Waals surface area contributed by atoms with E-state index in [1.165, 1.54) is 0 Å². The minimum atomic E-state index is -2.46. The summed E-state index contributed by atoms with van der Waals surface area (Å²) in [5.74, 6) is -3.62. The Hall–Kier alpha value is -1.45. The number of nitrogens with one attached hydrogen (secondary N) is 1. The van der Waals surface area contributed by atoms with Crippen molar-refractivity contribution >= 4 is 5.91 Å². The summed E-state index contributed by atoms with van der Waals surface area (Å²) in [4.78, 5) is 11.8. The maximum Gasteiger partial charge on any atom is 0.254 e. The van der Waals surface area contributed by atoms with E-state index in [0.29, 0.717) is 18.4 Å². The van der Waals surface area contributed by atoms with Crippen LogP contribution >= 0.6 is 0 Å². The van der Waals surface area contributed by atoms with E-state index >= 15 is 0 Å². The Balaban J connectivity index is 1.58. The van der Waals surface area contributed by atoms with E-state index < -0.39 is 17.8 Å². The summed E-state index contributed by atoms with van der Waals surface area (Å²) in [7, 11) is 0. The molecule has 2 aliphatic carbocycles. The lowest BCUT2D eigenvalue weighted by molar-refractivity contribution is 0.0649. The summed E-state index contributed by atoms with van der Waals surface area (Å²) in [6.07, 6.45) is 0.826. The van der Waals surface area contributed by atoms with Gasteiger partial charge in [-0.1, -0.05) is 18.2 Å². The van der Waals surface area contributed by atoms with Crippen LogP contribution in [0.4, 0.5) is 8.78 Å². The lowest BCUT2D eigenvalue weighted by atomic mass is 10.1. The Labute approximate surface area is 98.0 Å². The van der Waals surface area contributed by atoms with Crippen molar-refractivity contribution in [2.45, 2.75) is 24.8 Å². The topological polar surface area (TPSA) is 29.1 Å². The maximum absolute atomic E-state index is 13.0. The molecule has 4 heteroatoms. The molecule has 0 aromatic heterocycles. The van der Waals surface area contributed by atoms with E-state index in [9.17, 15) is 13.6 Å². The molecule has 3 rings (SSSR count). The molecule has 2 fully saturated rings. The molecule has 2 aliphatic rings. The van der Waals surface area contributed by atoms with Gasteiger partial charge in [-0.25, -0.2) is 8.78 Å². The average Bonchev–Trinajstić information content (AvgIpc) is 2.68. The third kappa shape index (κ3) is 1.72. The summed E-state index contributed by atoms with van der Waals surface area (Å²) >= 11 is 0. The predicted octanol–water partition coefficient (Wildman–Crippen LogP) is 2.46. The molecular weight excluding hydrogens is 224 g/mol. The van der Waals surface area contributed by atoms with E-state index in [2.05, 4.69) is 5.32 Å². The zero-order valence-electron chi connectivity index (χ0n) is 9.20. The van der Waals surface area contributed by atoms with E-state index in [-0.39, 0.29) is 11.9 Å². The molecule has 0 radical (unpaired) electrons. The Morgan fingerprint density at radius 3 is 2.35 bits per heavy atom. The number of rotatable bonds is 2. The molecule has 1 unspecified atom stereocenters. The first-order chi connectivity index (χ1) is 8.09.